The molecular weight excluding hydrogens is 280 g/mol. The van der Waals surface area contributed by atoms with Gasteiger partial charge in [0.2, 0.25) is 0 Å². The molecule has 1 aliphatic rings. The standard InChI is InChI=1S/C10H11FIN/c11-9-4-3-7(12)6-8(9)10-2-1-5-13-10/h3-4,6,10,13H,1-2,5H2/t10-/m0/s1. The van der Waals surface area contributed by atoms with Gasteiger partial charge in [-0.1, -0.05) is 0 Å². The van der Waals surface area contributed by atoms with Crippen molar-refractivity contribution in [1.29, 1.82) is 0 Å². The minimum Gasteiger partial charge on any atom is -0.310 e. The van der Waals surface area contributed by atoms with Crippen LogP contribution in [0.25, 0.3) is 0 Å². The monoisotopic (exact) mass is 291 g/mol. The highest BCUT2D eigenvalue weighted by Gasteiger charge is 2.19. The first-order valence-corrected chi connectivity index (χ1v) is 5.53. The van der Waals surface area contributed by atoms with E-state index in [-0.39, 0.29) is 11.9 Å². The van der Waals surface area contributed by atoms with Gasteiger partial charge in [-0.2, -0.15) is 0 Å². The fourth-order valence-corrected chi connectivity index (χ4v) is 2.25. The van der Waals surface area contributed by atoms with E-state index in [4.69, 9.17) is 0 Å². The van der Waals surface area contributed by atoms with E-state index >= 15 is 0 Å². The lowest BCUT2D eigenvalue weighted by molar-refractivity contribution is 0.558. The predicted octanol–water partition coefficient (Wildman–Crippen LogP) is 2.85. The van der Waals surface area contributed by atoms with Crippen molar-refractivity contribution in [3.05, 3.63) is 33.1 Å². The molecule has 0 aromatic heterocycles. The van der Waals surface area contributed by atoms with Crippen molar-refractivity contribution in [1.82, 2.24) is 5.32 Å². The minimum absolute atomic E-state index is 0.0835. The first kappa shape index (κ1) is 9.40. The zero-order valence-electron chi connectivity index (χ0n) is 7.19. The number of halogens is 2. The van der Waals surface area contributed by atoms with Crippen LogP contribution in [-0.4, -0.2) is 6.54 Å². The maximum absolute atomic E-state index is 13.4. The highest BCUT2D eigenvalue weighted by Crippen LogP contribution is 2.26. The van der Waals surface area contributed by atoms with Crippen LogP contribution in [0.5, 0.6) is 0 Å². The molecule has 1 aliphatic heterocycles. The molecule has 0 amide bonds. The largest absolute Gasteiger partial charge is 0.310 e. The van der Waals surface area contributed by atoms with Crippen LogP contribution in [0.1, 0.15) is 24.4 Å². The highest BCUT2D eigenvalue weighted by atomic mass is 127. The van der Waals surface area contributed by atoms with Gasteiger partial charge in [0, 0.05) is 15.2 Å². The van der Waals surface area contributed by atoms with Crippen LogP contribution in [0.2, 0.25) is 0 Å². The number of benzene rings is 1. The zero-order valence-corrected chi connectivity index (χ0v) is 9.34. The molecule has 0 saturated carbocycles. The maximum Gasteiger partial charge on any atom is 0.128 e. The topological polar surface area (TPSA) is 12.0 Å². The molecule has 1 nitrogen and oxygen atoms in total. The quantitative estimate of drug-likeness (QED) is 0.785. The van der Waals surface area contributed by atoms with E-state index in [1.54, 1.807) is 12.1 Å². The normalized spacial score (nSPS) is 22.2. The Morgan fingerprint density at radius 3 is 3.00 bits per heavy atom. The summed E-state index contributed by atoms with van der Waals surface area (Å²) in [5, 5.41) is 3.30. The van der Waals surface area contributed by atoms with E-state index in [2.05, 4.69) is 27.9 Å². The summed E-state index contributed by atoms with van der Waals surface area (Å²) in [5.41, 5.74) is 0.824. The number of rotatable bonds is 1. The first-order valence-electron chi connectivity index (χ1n) is 4.46. The SMILES string of the molecule is Fc1ccc(I)cc1[C@@H]1CCCN1. The maximum atomic E-state index is 13.4. The molecule has 13 heavy (non-hydrogen) atoms. The fraction of sp³-hybridized carbons (Fsp3) is 0.400. The van der Waals surface area contributed by atoms with Crippen LogP contribution < -0.4 is 5.32 Å². The molecule has 2 rings (SSSR count). The van der Waals surface area contributed by atoms with Crippen molar-refractivity contribution >= 4 is 22.6 Å². The van der Waals surface area contributed by atoms with Gasteiger partial charge in [-0.15, -0.1) is 0 Å². The van der Waals surface area contributed by atoms with E-state index in [0.717, 1.165) is 28.5 Å². The summed E-state index contributed by atoms with van der Waals surface area (Å²) in [6, 6.07) is 5.51. The van der Waals surface area contributed by atoms with Gasteiger partial charge in [-0.05, 0) is 60.2 Å². The van der Waals surface area contributed by atoms with Gasteiger partial charge in [0.15, 0.2) is 0 Å². The minimum atomic E-state index is -0.0835. The Hall–Kier alpha value is -0.160. The fourth-order valence-electron chi connectivity index (χ4n) is 1.73. The summed E-state index contributed by atoms with van der Waals surface area (Å²) in [6.45, 7) is 1.01. The summed E-state index contributed by atoms with van der Waals surface area (Å²) < 4.78 is 14.5. The van der Waals surface area contributed by atoms with E-state index in [1.807, 2.05) is 6.07 Å². The van der Waals surface area contributed by atoms with Gasteiger partial charge in [0.05, 0.1) is 0 Å². The Bertz CT molecular complexity index is 308. The van der Waals surface area contributed by atoms with Crippen LogP contribution in [0.15, 0.2) is 18.2 Å². The molecule has 0 aliphatic carbocycles. The lowest BCUT2D eigenvalue weighted by Gasteiger charge is -2.11. The number of hydrogen-bond acceptors (Lipinski definition) is 1. The third-order valence-corrected chi connectivity index (χ3v) is 3.06. The Labute approximate surface area is 90.9 Å². The molecule has 1 fully saturated rings. The molecule has 1 aromatic carbocycles. The van der Waals surface area contributed by atoms with Gasteiger partial charge in [-0.25, -0.2) is 4.39 Å². The second kappa shape index (κ2) is 3.92. The molecule has 3 heteroatoms. The summed E-state index contributed by atoms with van der Waals surface area (Å²) >= 11 is 2.21. The lowest BCUT2D eigenvalue weighted by atomic mass is 10.1. The molecule has 0 radical (unpaired) electrons. The molecule has 1 atom stereocenters. The average molecular weight is 291 g/mol. The molecule has 1 saturated heterocycles. The van der Waals surface area contributed by atoms with Crippen LogP contribution >= 0.6 is 22.6 Å². The third-order valence-electron chi connectivity index (χ3n) is 2.39. The summed E-state index contributed by atoms with van der Waals surface area (Å²) in [7, 11) is 0. The third kappa shape index (κ3) is 2.02. The summed E-state index contributed by atoms with van der Waals surface area (Å²) in [6.07, 6.45) is 2.20. The number of nitrogens with one attached hydrogen (secondary N) is 1. The second-order valence-electron chi connectivity index (χ2n) is 3.31. The Kier molecular flexibility index (Phi) is 2.83. The van der Waals surface area contributed by atoms with Crippen molar-refractivity contribution in [2.45, 2.75) is 18.9 Å². The van der Waals surface area contributed by atoms with Gasteiger partial charge >= 0.3 is 0 Å². The highest BCUT2D eigenvalue weighted by molar-refractivity contribution is 14.1. The number of hydrogen-bond donors (Lipinski definition) is 1. The van der Waals surface area contributed by atoms with Crippen LogP contribution in [0.4, 0.5) is 4.39 Å². The van der Waals surface area contributed by atoms with Crippen molar-refractivity contribution in [3.8, 4) is 0 Å². The Balaban J connectivity index is 2.32. The molecular formula is C10H11FIN. The molecule has 0 bridgehead atoms. The second-order valence-corrected chi connectivity index (χ2v) is 4.56. The van der Waals surface area contributed by atoms with Gasteiger partial charge in [0.1, 0.15) is 5.82 Å². The Morgan fingerprint density at radius 1 is 1.46 bits per heavy atom. The molecule has 1 heterocycles. The molecule has 0 unspecified atom stereocenters. The van der Waals surface area contributed by atoms with Crippen molar-refractivity contribution in [2.75, 3.05) is 6.54 Å². The van der Waals surface area contributed by atoms with Gasteiger partial charge < -0.3 is 5.32 Å². The first-order chi connectivity index (χ1) is 6.27. The molecule has 1 aromatic rings. The average Bonchev–Trinajstić information content (AvgIpc) is 2.61. The van der Waals surface area contributed by atoms with E-state index in [0.29, 0.717) is 0 Å². The van der Waals surface area contributed by atoms with Gasteiger partial charge in [-0.3, -0.25) is 0 Å². The van der Waals surface area contributed by atoms with Crippen molar-refractivity contribution in [3.63, 3.8) is 0 Å². The van der Waals surface area contributed by atoms with Crippen LogP contribution in [0, 0.1) is 9.39 Å². The van der Waals surface area contributed by atoms with Crippen molar-refractivity contribution in [2.24, 2.45) is 0 Å². The van der Waals surface area contributed by atoms with E-state index < -0.39 is 0 Å². The Morgan fingerprint density at radius 2 is 2.31 bits per heavy atom. The molecule has 70 valence electrons. The van der Waals surface area contributed by atoms with E-state index in [1.165, 1.54) is 0 Å². The van der Waals surface area contributed by atoms with Crippen LogP contribution in [0.3, 0.4) is 0 Å². The smallest absolute Gasteiger partial charge is 0.128 e. The predicted molar refractivity (Wildman–Crippen MR) is 59.1 cm³/mol. The van der Waals surface area contributed by atoms with Crippen LogP contribution in [-0.2, 0) is 0 Å². The van der Waals surface area contributed by atoms with E-state index in [9.17, 15) is 4.39 Å². The summed E-state index contributed by atoms with van der Waals surface area (Å²) in [5.74, 6) is -0.0835. The van der Waals surface area contributed by atoms with Crippen molar-refractivity contribution < 1.29 is 4.39 Å². The molecule has 0 spiro atoms. The van der Waals surface area contributed by atoms with Gasteiger partial charge in [0.25, 0.3) is 0 Å². The summed E-state index contributed by atoms with van der Waals surface area (Å²) in [4.78, 5) is 0. The zero-order chi connectivity index (χ0) is 9.26. The molecule has 1 N–H and O–H groups in total. The lowest BCUT2D eigenvalue weighted by Crippen LogP contribution is -2.14.